The third-order valence-electron chi connectivity index (χ3n) is 5.26. The van der Waals surface area contributed by atoms with Crippen LogP contribution >= 0.6 is 23.2 Å². The summed E-state index contributed by atoms with van der Waals surface area (Å²) in [6, 6.07) is 14.7. The van der Waals surface area contributed by atoms with Gasteiger partial charge in [0.1, 0.15) is 16.5 Å². The normalized spacial score (nSPS) is 14.6. The lowest BCUT2D eigenvalue weighted by Gasteiger charge is -2.36. The molecule has 0 aliphatic carbocycles. The zero-order valence-electron chi connectivity index (χ0n) is 17.0. The van der Waals surface area contributed by atoms with E-state index in [1.165, 1.54) is 24.3 Å². The predicted molar refractivity (Wildman–Crippen MR) is 126 cm³/mol. The van der Waals surface area contributed by atoms with E-state index in [0.717, 1.165) is 43.2 Å². The van der Waals surface area contributed by atoms with E-state index in [2.05, 4.69) is 19.5 Å². The molecule has 0 atom stereocenters. The summed E-state index contributed by atoms with van der Waals surface area (Å²) in [5.41, 5.74) is 1.75. The first kappa shape index (κ1) is 22.8. The van der Waals surface area contributed by atoms with Crippen LogP contribution in [-0.4, -0.2) is 39.6 Å². The highest BCUT2D eigenvalue weighted by Gasteiger charge is 2.22. The summed E-state index contributed by atoms with van der Waals surface area (Å²) in [5.74, 6) is 0.525. The van der Waals surface area contributed by atoms with Gasteiger partial charge < -0.3 is 9.80 Å². The quantitative estimate of drug-likeness (QED) is 0.552. The van der Waals surface area contributed by atoms with E-state index in [4.69, 9.17) is 23.2 Å². The van der Waals surface area contributed by atoms with Gasteiger partial charge in [0, 0.05) is 44.6 Å². The molecule has 0 saturated carbocycles. The lowest BCUT2D eigenvalue weighted by molar-refractivity contribution is 0.581. The molecule has 1 fully saturated rings. The van der Waals surface area contributed by atoms with Gasteiger partial charge in [-0.1, -0.05) is 29.3 Å². The number of benzene rings is 2. The van der Waals surface area contributed by atoms with E-state index in [0.29, 0.717) is 0 Å². The zero-order chi connectivity index (χ0) is 22.7. The molecule has 3 aromatic rings. The Kier molecular flexibility index (Phi) is 6.85. The molecule has 6 nitrogen and oxygen atoms in total. The van der Waals surface area contributed by atoms with Gasteiger partial charge in [-0.25, -0.2) is 22.5 Å². The monoisotopic (exact) mass is 494 g/mol. The number of piperazine rings is 1. The number of sulfonamides is 1. The Morgan fingerprint density at radius 1 is 0.938 bits per heavy atom. The van der Waals surface area contributed by atoms with Crippen molar-refractivity contribution in [3.63, 3.8) is 0 Å². The summed E-state index contributed by atoms with van der Waals surface area (Å²) >= 11 is 12.1. The third kappa shape index (κ3) is 5.15. The van der Waals surface area contributed by atoms with E-state index in [-0.39, 0.29) is 27.3 Å². The molecule has 1 aliphatic rings. The topological polar surface area (TPSA) is 65.5 Å². The number of halogens is 3. The molecular weight excluding hydrogens is 474 g/mol. The molecule has 1 saturated heterocycles. The van der Waals surface area contributed by atoms with Gasteiger partial charge >= 0.3 is 0 Å². The number of hydrogen-bond donors (Lipinski definition) is 1. The maximum Gasteiger partial charge on any atom is 0.243 e. The minimum Gasteiger partial charge on any atom is -0.368 e. The minimum atomic E-state index is -3.88. The standard InChI is InChI=1S/C22H21Cl2FN4O2S/c23-19-2-1-3-20(24)22(19)32(30,31)27-15-16-8-9-26-21(14-16)29-12-10-28(11-13-29)18-6-4-17(25)5-7-18/h1-9,14,27H,10-13,15H2. The number of nitrogens with zero attached hydrogens (tertiary/aromatic N) is 3. The first-order chi connectivity index (χ1) is 15.3. The Hall–Kier alpha value is -2.39. The lowest BCUT2D eigenvalue weighted by Crippen LogP contribution is -2.46. The van der Waals surface area contributed by atoms with Gasteiger partial charge in [-0.3, -0.25) is 0 Å². The second-order valence-electron chi connectivity index (χ2n) is 7.35. The Morgan fingerprint density at radius 3 is 2.22 bits per heavy atom. The fourth-order valence-corrected chi connectivity index (χ4v) is 5.74. The summed E-state index contributed by atoms with van der Waals surface area (Å²) in [7, 11) is -3.88. The fourth-order valence-electron chi connectivity index (χ4n) is 3.58. The van der Waals surface area contributed by atoms with Crippen molar-refractivity contribution in [3.05, 3.63) is 82.2 Å². The molecule has 4 rings (SSSR count). The van der Waals surface area contributed by atoms with E-state index in [9.17, 15) is 12.8 Å². The maximum absolute atomic E-state index is 13.2. The molecule has 2 aromatic carbocycles. The van der Waals surface area contributed by atoms with E-state index in [1.807, 2.05) is 6.07 Å². The molecule has 0 spiro atoms. The largest absolute Gasteiger partial charge is 0.368 e. The van der Waals surface area contributed by atoms with E-state index < -0.39 is 10.0 Å². The number of anilines is 2. The number of nitrogens with one attached hydrogen (secondary N) is 1. The molecule has 1 N–H and O–H groups in total. The number of pyridine rings is 1. The summed E-state index contributed by atoms with van der Waals surface area (Å²) in [6.45, 7) is 3.11. The minimum absolute atomic E-state index is 0.0689. The first-order valence-electron chi connectivity index (χ1n) is 9.97. The highest BCUT2D eigenvalue weighted by molar-refractivity contribution is 7.89. The van der Waals surface area contributed by atoms with Crippen molar-refractivity contribution in [1.29, 1.82) is 0 Å². The smallest absolute Gasteiger partial charge is 0.243 e. The third-order valence-corrected chi connectivity index (χ3v) is 7.62. The summed E-state index contributed by atoms with van der Waals surface area (Å²) in [6.07, 6.45) is 1.66. The maximum atomic E-state index is 13.2. The van der Waals surface area contributed by atoms with Gasteiger partial charge in [0.2, 0.25) is 10.0 Å². The van der Waals surface area contributed by atoms with Crippen LogP contribution < -0.4 is 14.5 Å². The molecule has 1 aliphatic heterocycles. The molecule has 0 bridgehead atoms. The average Bonchev–Trinajstić information content (AvgIpc) is 2.78. The summed E-state index contributed by atoms with van der Waals surface area (Å²) in [4.78, 5) is 8.65. The molecule has 32 heavy (non-hydrogen) atoms. The van der Waals surface area contributed by atoms with Crippen LogP contribution in [-0.2, 0) is 16.6 Å². The van der Waals surface area contributed by atoms with Gasteiger partial charge in [-0.15, -0.1) is 0 Å². The van der Waals surface area contributed by atoms with Crippen LogP contribution in [0.4, 0.5) is 15.9 Å². The number of aromatic nitrogens is 1. The van der Waals surface area contributed by atoms with Crippen molar-refractivity contribution in [3.8, 4) is 0 Å². The van der Waals surface area contributed by atoms with Crippen molar-refractivity contribution >= 4 is 44.7 Å². The van der Waals surface area contributed by atoms with Crippen molar-refractivity contribution in [1.82, 2.24) is 9.71 Å². The zero-order valence-corrected chi connectivity index (χ0v) is 19.3. The second kappa shape index (κ2) is 9.62. The van der Waals surface area contributed by atoms with Gasteiger partial charge in [0.25, 0.3) is 0 Å². The van der Waals surface area contributed by atoms with Gasteiger partial charge in [0.15, 0.2) is 0 Å². The van der Waals surface area contributed by atoms with Crippen molar-refractivity contribution in [2.45, 2.75) is 11.4 Å². The molecule has 1 aromatic heterocycles. The molecule has 10 heteroatoms. The molecule has 168 valence electrons. The van der Waals surface area contributed by atoms with Crippen LogP contribution in [0.1, 0.15) is 5.56 Å². The van der Waals surface area contributed by atoms with E-state index >= 15 is 0 Å². The van der Waals surface area contributed by atoms with Crippen LogP contribution in [0.25, 0.3) is 0 Å². The second-order valence-corrected chi connectivity index (χ2v) is 9.87. The van der Waals surface area contributed by atoms with Crippen molar-refractivity contribution < 1.29 is 12.8 Å². The Bertz CT molecular complexity index is 1180. The van der Waals surface area contributed by atoms with Crippen LogP contribution in [0, 0.1) is 5.82 Å². The number of rotatable bonds is 6. The van der Waals surface area contributed by atoms with Crippen LogP contribution in [0.2, 0.25) is 10.0 Å². The first-order valence-corrected chi connectivity index (χ1v) is 12.2. The molecular formula is C22H21Cl2FN4O2S. The molecule has 0 amide bonds. The Labute approximate surface area is 196 Å². The predicted octanol–water partition coefficient (Wildman–Crippen LogP) is 4.33. The van der Waals surface area contributed by atoms with Crippen molar-refractivity contribution in [2.24, 2.45) is 0 Å². The molecule has 0 radical (unpaired) electrons. The molecule has 0 unspecified atom stereocenters. The molecule has 2 heterocycles. The SMILES string of the molecule is O=S(=O)(NCc1ccnc(N2CCN(c3ccc(F)cc3)CC2)c1)c1c(Cl)cccc1Cl. The Balaban J connectivity index is 1.40. The lowest BCUT2D eigenvalue weighted by atomic mass is 10.2. The summed E-state index contributed by atoms with van der Waals surface area (Å²) < 4.78 is 41.1. The number of hydrogen-bond acceptors (Lipinski definition) is 5. The van der Waals surface area contributed by atoms with Crippen LogP contribution in [0.15, 0.2) is 65.7 Å². The van der Waals surface area contributed by atoms with Crippen LogP contribution in [0.5, 0.6) is 0 Å². The van der Waals surface area contributed by atoms with Crippen molar-refractivity contribution in [2.75, 3.05) is 36.0 Å². The van der Waals surface area contributed by atoms with Gasteiger partial charge in [-0.05, 0) is 54.1 Å². The average molecular weight is 495 g/mol. The van der Waals surface area contributed by atoms with E-state index in [1.54, 1.807) is 30.5 Å². The van der Waals surface area contributed by atoms with Gasteiger partial charge in [0.05, 0.1) is 10.0 Å². The fraction of sp³-hybridized carbons (Fsp3) is 0.227. The van der Waals surface area contributed by atoms with Gasteiger partial charge in [-0.2, -0.15) is 0 Å². The highest BCUT2D eigenvalue weighted by Crippen LogP contribution is 2.29. The van der Waals surface area contributed by atoms with Crippen LogP contribution in [0.3, 0.4) is 0 Å². The summed E-state index contributed by atoms with van der Waals surface area (Å²) in [5, 5.41) is 0.138. The Morgan fingerprint density at radius 2 is 1.56 bits per heavy atom. The highest BCUT2D eigenvalue weighted by atomic mass is 35.5.